The second-order valence-corrected chi connectivity index (χ2v) is 6.11. The Hall–Kier alpha value is -2.07. The summed E-state index contributed by atoms with van der Waals surface area (Å²) >= 11 is 5.79. The van der Waals surface area contributed by atoms with Crippen molar-refractivity contribution in [3.05, 3.63) is 64.9 Å². The monoisotopic (exact) mass is 320 g/mol. The molecule has 2 aromatic carbocycles. The van der Waals surface area contributed by atoms with Gasteiger partial charge in [-0.3, -0.25) is 0 Å². The van der Waals surface area contributed by atoms with Gasteiger partial charge >= 0.3 is 6.03 Å². The fraction of sp³-hybridized carbons (Fsp3) is 0.235. The van der Waals surface area contributed by atoms with E-state index in [-0.39, 0.29) is 11.8 Å². The summed E-state index contributed by atoms with van der Waals surface area (Å²) in [4.78, 5) is 11.9. The lowest BCUT2D eigenvalue weighted by atomic mass is 9.84. The molecular formula is C17H18ClFN2O. The minimum Gasteiger partial charge on any atom is -0.337 e. The topological polar surface area (TPSA) is 41.1 Å². The molecule has 0 bridgehead atoms. The summed E-state index contributed by atoms with van der Waals surface area (Å²) in [7, 11) is 0. The molecule has 2 rings (SSSR count). The Labute approximate surface area is 134 Å². The van der Waals surface area contributed by atoms with Gasteiger partial charge in [-0.1, -0.05) is 43.6 Å². The Morgan fingerprint density at radius 3 is 2.41 bits per heavy atom. The van der Waals surface area contributed by atoms with Crippen molar-refractivity contribution in [1.82, 2.24) is 5.32 Å². The highest BCUT2D eigenvalue weighted by Gasteiger charge is 2.24. The van der Waals surface area contributed by atoms with Gasteiger partial charge in [0.1, 0.15) is 5.82 Å². The van der Waals surface area contributed by atoms with E-state index < -0.39 is 5.41 Å². The minimum absolute atomic E-state index is 0.271. The molecule has 0 saturated carbocycles. The summed E-state index contributed by atoms with van der Waals surface area (Å²) in [5.41, 5.74) is 0.704. The third-order valence-electron chi connectivity index (χ3n) is 3.40. The van der Waals surface area contributed by atoms with E-state index in [1.165, 1.54) is 6.07 Å². The van der Waals surface area contributed by atoms with Gasteiger partial charge < -0.3 is 10.6 Å². The number of hydrogen-bond donors (Lipinski definition) is 2. The number of carbonyl (C=O) groups is 1. The molecule has 0 spiro atoms. The number of benzene rings is 2. The highest BCUT2D eigenvalue weighted by molar-refractivity contribution is 6.30. The molecule has 0 aliphatic rings. The molecule has 22 heavy (non-hydrogen) atoms. The zero-order chi connectivity index (χ0) is 16.2. The number of anilines is 1. The van der Waals surface area contributed by atoms with E-state index >= 15 is 0 Å². The van der Waals surface area contributed by atoms with Crippen molar-refractivity contribution < 1.29 is 9.18 Å². The molecule has 0 aliphatic heterocycles. The van der Waals surface area contributed by atoms with E-state index in [2.05, 4.69) is 10.6 Å². The van der Waals surface area contributed by atoms with Crippen LogP contribution >= 0.6 is 11.6 Å². The van der Waals surface area contributed by atoms with Crippen molar-refractivity contribution in [2.24, 2.45) is 0 Å². The standard InChI is InChI=1S/C17H18ClFN2O/c1-17(2,14-5-3-4-6-15(14)19)11-20-16(22)21-13-9-7-12(18)8-10-13/h3-10H,11H2,1-2H3,(H2,20,21,22). The van der Waals surface area contributed by atoms with Crippen LogP contribution in [0.1, 0.15) is 19.4 Å². The highest BCUT2D eigenvalue weighted by atomic mass is 35.5. The van der Waals surface area contributed by atoms with Gasteiger partial charge in [0.25, 0.3) is 0 Å². The van der Waals surface area contributed by atoms with Crippen LogP contribution in [0.3, 0.4) is 0 Å². The first-order chi connectivity index (χ1) is 10.4. The predicted molar refractivity (Wildman–Crippen MR) is 87.9 cm³/mol. The molecule has 0 fully saturated rings. The average molecular weight is 321 g/mol. The third kappa shape index (κ3) is 4.21. The van der Waals surface area contributed by atoms with E-state index in [0.29, 0.717) is 22.8 Å². The first-order valence-electron chi connectivity index (χ1n) is 6.94. The number of hydrogen-bond acceptors (Lipinski definition) is 1. The molecule has 2 N–H and O–H groups in total. The molecule has 0 saturated heterocycles. The summed E-state index contributed by atoms with van der Waals surface area (Å²) in [6.07, 6.45) is 0. The summed E-state index contributed by atoms with van der Waals surface area (Å²) in [5.74, 6) is -0.271. The molecule has 0 aromatic heterocycles. The Kier molecular flexibility index (Phi) is 5.03. The highest BCUT2D eigenvalue weighted by Crippen LogP contribution is 2.24. The molecule has 2 aromatic rings. The zero-order valence-electron chi connectivity index (χ0n) is 12.5. The number of nitrogens with one attached hydrogen (secondary N) is 2. The maximum absolute atomic E-state index is 13.9. The summed E-state index contributed by atoms with van der Waals surface area (Å²) < 4.78 is 13.9. The normalized spacial score (nSPS) is 11.1. The number of rotatable bonds is 4. The first kappa shape index (κ1) is 16.3. The number of carbonyl (C=O) groups excluding carboxylic acids is 1. The Balaban J connectivity index is 1.95. The fourth-order valence-electron chi connectivity index (χ4n) is 2.12. The van der Waals surface area contributed by atoms with Crippen LogP contribution in [-0.4, -0.2) is 12.6 Å². The first-order valence-corrected chi connectivity index (χ1v) is 7.32. The Morgan fingerprint density at radius 1 is 1.14 bits per heavy atom. The van der Waals surface area contributed by atoms with E-state index in [0.717, 1.165) is 0 Å². The maximum atomic E-state index is 13.9. The second kappa shape index (κ2) is 6.79. The van der Waals surface area contributed by atoms with Crippen LogP contribution in [0.25, 0.3) is 0 Å². The molecule has 0 radical (unpaired) electrons. The molecular weight excluding hydrogens is 303 g/mol. The van der Waals surface area contributed by atoms with Gasteiger partial charge in [0.15, 0.2) is 0 Å². The summed E-state index contributed by atoms with van der Waals surface area (Å²) in [5, 5.41) is 6.07. The van der Waals surface area contributed by atoms with Crippen LogP contribution in [0.4, 0.5) is 14.9 Å². The third-order valence-corrected chi connectivity index (χ3v) is 3.65. The number of urea groups is 1. The Morgan fingerprint density at radius 2 is 1.77 bits per heavy atom. The van der Waals surface area contributed by atoms with E-state index in [9.17, 15) is 9.18 Å². The number of amides is 2. The lowest BCUT2D eigenvalue weighted by Crippen LogP contribution is -2.39. The zero-order valence-corrected chi connectivity index (χ0v) is 13.2. The van der Waals surface area contributed by atoms with Crippen molar-refractivity contribution in [1.29, 1.82) is 0 Å². The molecule has 0 aliphatic carbocycles. The van der Waals surface area contributed by atoms with Crippen LogP contribution in [0.2, 0.25) is 5.02 Å². The summed E-state index contributed by atoms with van der Waals surface area (Å²) in [6, 6.07) is 13.1. The van der Waals surface area contributed by atoms with Gasteiger partial charge in [0.05, 0.1) is 0 Å². The van der Waals surface area contributed by atoms with Gasteiger partial charge in [-0.05, 0) is 35.9 Å². The molecule has 0 atom stereocenters. The molecule has 116 valence electrons. The smallest absolute Gasteiger partial charge is 0.319 e. The van der Waals surface area contributed by atoms with Crippen LogP contribution in [-0.2, 0) is 5.41 Å². The predicted octanol–water partition coefficient (Wildman–Crippen LogP) is 4.58. The van der Waals surface area contributed by atoms with Crippen LogP contribution in [0.5, 0.6) is 0 Å². The quantitative estimate of drug-likeness (QED) is 0.850. The fourth-order valence-corrected chi connectivity index (χ4v) is 2.24. The van der Waals surface area contributed by atoms with Gasteiger partial charge in [-0.25, -0.2) is 9.18 Å². The van der Waals surface area contributed by atoms with Gasteiger partial charge in [0, 0.05) is 22.7 Å². The maximum Gasteiger partial charge on any atom is 0.319 e. The van der Waals surface area contributed by atoms with Crippen LogP contribution in [0, 0.1) is 5.82 Å². The Bertz CT molecular complexity index is 656. The molecule has 5 heteroatoms. The second-order valence-electron chi connectivity index (χ2n) is 5.68. The van der Waals surface area contributed by atoms with Gasteiger partial charge in [0.2, 0.25) is 0 Å². The molecule has 3 nitrogen and oxygen atoms in total. The lowest BCUT2D eigenvalue weighted by Gasteiger charge is -2.26. The van der Waals surface area contributed by atoms with Crippen molar-refractivity contribution in [2.45, 2.75) is 19.3 Å². The van der Waals surface area contributed by atoms with Crippen LogP contribution < -0.4 is 10.6 Å². The van der Waals surface area contributed by atoms with Crippen molar-refractivity contribution in [3.8, 4) is 0 Å². The minimum atomic E-state index is -0.511. The SMILES string of the molecule is CC(C)(CNC(=O)Nc1ccc(Cl)cc1)c1ccccc1F. The number of halogens is 2. The van der Waals surface area contributed by atoms with Crippen molar-refractivity contribution in [2.75, 3.05) is 11.9 Å². The average Bonchev–Trinajstić information content (AvgIpc) is 2.48. The van der Waals surface area contributed by atoms with E-state index in [1.807, 2.05) is 13.8 Å². The van der Waals surface area contributed by atoms with Crippen molar-refractivity contribution in [3.63, 3.8) is 0 Å². The lowest BCUT2D eigenvalue weighted by molar-refractivity contribution is 0.249. The van der Waals surface area contributed by atoms with E-state index in [4.69, 9.17) is 11.6 Å². The van der Waals surface area contributed by atoms with Crippen molar-refractivity contribution >= 4 is 23.3 Å². The molecule has 2 amide bonds. The molecule has 0 heterocycles. The van der Waals surface area contributed by atoms with E-state index in [1.54, 1.807) is 42.5 Å². The largest absolute Gasteiger partial charge is 0.337 e. The van der Waals surface area contributed by atoms with Gasteiger partial charge in [-0.2, -0.15) is 0 Å². The molecule has 0 unspecified atom stereocenters. The summed E-state index contributed by atoms with van der Waals surface area (Å²) in [6.45, 7) is 4.08. The van der Waals surface area contributed by atoms with Gasteiger partial charge in [-0.15, -0.1) is 0 Å². The van der Waals surface area contributed by atoms with Crippen LogP contribution in [0.15, 0.2) is 48.5 Å².